The fourth-order valence-electron chi connectivity index (χ4n) is 2.60. The minimum Gasteiger partial charge on any atom is -0.325 e. The number of para-hydroxylation sites is 1. The number of thiophene rings is 1. The molecule has 0 saturated heterocycles. The Labute approximate surface area is 161 Å². The molecule has 7 heteroatoms. The van der Waals surface area contributed by atoms with Crippen LogP contribution in [-0.4, -0.2) is 26.4 Å². The van der Waals surface area contributed by atoms with E-state index >= 15 is 0 Å². The van der Waals surface area contributed by atoms with Crippen LogP contribution in [0.3, 0.4) is 0 Å². The fourth-order valence-corrected chi connectivity index (χ4v) is 4.23. The Morgan fingerprint density at radius 3 is 2.65 bits per heavy atom. The van der Waals surface area contributed by atoms with Crippen LogP contribution in [0.25, 0.3) is 11.4 Å². The van der Waals surface area contributed by atoms with E-state index in [1.54, 1.807) is 11.3 Å². The fraction of sp³-hybridized carbons (Fsp3) is 0.316. The van der Waals surface area contributed by atoms with E-state index < -0.39 is 0 Å². The first-order chi connectivity index (χ1) is 12.6. The Morgan fingerprint density at radius 1 is 1.23 bits per heavy atom. The molecule has 1 N–H and O–H groups in total. The van der Waals surface area contributed by atoms with Crippen molar-refractivity contribution in [2.24, 2.45) is 0 Å². The average Bonchev–Trinajstić information content (AvgIpc) is 3.18. The number of nitrogens with one attached hydrogen (secondary N) is 1. The number of amides is 1. The Kier molecular flexibility index (Phi) is 6.11. The summed E-state index contributed by atoms with van der Waals surface area (Å²) in [6.45, 7) is 7.20. The molecule has 2 aromatic heterocycles. The first-order valence-electron chi connectivity index (χ1n) is 8.56. The van der Waals surface area contributed by atoms with Crippen LogP contribution in [0.1, 0.15) is 23.8 Å². The lowest BCUT2D eigenvalue weighted by Crippen LogP contribution is -2.14. The van der Waals surface area contributed by atoms with E-state index in [0.717, 1.165) is 35.2 Å². The number of anilines is 1. The van der Waals surface area contributed by atoms with Gasteiger partial charge >= 0.3 is 0 Å². The minimum absolute atomic E-state index is 0.0450. The van der Waals surface area contributed by atoms with Gasteiger partial charge < -0.3 is 9.88 Å². The summed E-state index contributed by atoms with van der Waals surface area (Å²) in [4.78, 5) is 13.5. The molecule has 0 aliphatic rings. The van der Waals surface area contributed by atoms with Gasteiger partial charge in [0.2, 0.25) is 5.91 Å². The summed E-state index contributed by atoms with van der Waals surface area (Å²) in [5, 5.41) is 14.6. The normalized spacial score (nSPS) is 10.9. The third-order valence-electron chi connectivity index (χ3n) is 4.08. The summed E-state index contributed by atoms with van der Waals surface area (Å²) in [6, 6.07) is 9.48. The van der Waals surface area contributed by atoms with Gasteiger partial charge in [-0.25, -0.2) is 0 Å². The van der Waals surface area contributed by atoms with E-state index in [1.807, 2.05) is 30.3 Å². The molecule has 0 saturated carbocycles. The monoisotopic (exact) mass is 386 g/mol. The van der Waals surface area contributed by atoms with Gasteiger partial charge in [0.1, 0.15) is 0 Å². The lowest BCUT2D eigenvalue weighted by Gasteiger charge is -2.09. The minimum atomic E-state index is -0.0450. The Morgan fingerprint density at radius 2 is 2.00 bits per heavy atom. The van der Waals surface area contributed by atoms with Crippen LogP contribution >= 0.6 is 23.1 Å². The Hall–Kier alpha value is -2.12. The highest BCUT2D eigenvalue weighted by Crippen LogP contribution is 2.31. The second-order valence-corrected chi connectivity index (χ2v) is 8.02. The lowest BCUT2D eigenvalue weighted by molar-refractivity contribution is -0.113. The smallest absolute Gasteiger partial charge is 0.234 e. The zero-order valence-corrected chi connectivity index (χ0v) is 16.8. The van der Waals surface area contributed by atoms with E-state index in [0.29, 0.717) is 5.75 Å². The van der Waals surface area contributed by atoms with E-state index in [4.69, 9.17) is 0 Å². The quantitative estimate of drug-likeness (QED) is 0.595. The zero-order valence-electron chi connectivity index (χ0n) is 15.2. The van der Waals surface area contributed by atoms with Crippen molar-refractivity contribution in [3.05, 3.63) is 46.2 Å². The van der Waals surface area contributed by atoms with Gasteiger partial charge in [-0.3, -0.25) is 4.79 Å². The molecule has 0 aliphatic carbocycles. The molecular formula is C19H22N4OS2. The van der Waals surface area contributed by atoms with Crippen molar-refractivity contribution in [3.8, 4) is 11.4 Å². The van der Waals surface area contributed by atoms with Gasteiger partial charge in [-0.05, 0) is 38.0 Å². The van der Waals surface area contributed by atoms with Crippen molar-refractivity contribution in [3.63, 3.8) is 0 Å². The van der Waals surface area contributed by atoms with E-state index in [9.17, 15) is 4.79 Å². The first kappa shape index (κ1) is 18.7. The van der Waals surface area contributed by atoms with Crippen LogP contribution in [0.5, 0.6) is 0 Å². The predicted octanol–water partition coefficient (Wildman–Crippen LogP) is 4.76. The molecule has 3 aromatic rings. The summed E-state index contributed by atoms with van der Waals surface area (Å²) in [5.74, 6) is 1.15. The topological polar surface area (TPSA) is 59.8 Å². The summed E-state index contributed by atoms with van der Waals surface area (Å²) < 4.78 is 2.12. The lowest BCUT2D eigenvalue weighted by atomic mass is 10.1. The summed E-state index contributed by atoms with van der Waals surface area (Å²) in [5.41, 5.74) is 3.19. The molecule has 5 nitrogen and oxygen atoms in total. The molecule has 0 fully saturated rings. The molecular weight excluding hydrogens is 364 g/mol. The SMILES string of the molecule is CCCn1c(SCC(=O)Nc2ccccc2)nnc1-c1csc(C)c1C. The van der Waals surface area contributed by atoms with Gasteiger partial charge in [0.05, 0.1) is 5.75 Å². The number of carbonyl (C=O) groups excluding carboxylic acids is 1. The van der Waals surface area contributed by atoms with Gasteiger partial charge in [-0.2, -0.15) is 0 Å². The molecule has 0 radical (unpaired) electrons. The molecule has 0 bridgehead atoms. The van der Waals surface area contributed by atoms with Crippen LogP contribution in [-0.2, 0) is 11.3 Å². The van der Waals surface area contributed by atoms with Crippen molar-refractivity contribution < 1.29 is 4.79 Å². The van der Waals surface area contributed by atoms with Crippen LogP contribution in [0.2, 0.25) is 0 Å². The molecule has 0 atom stereocenters. The number of nitrogens with zero attached hydrogens (tertiary/aromatic N) is 3. The third-order valence-corrected chi connectivity index (χ3v) is 6.06. The predicted molar refractivity (Wildman–Crippen MR) is 109 cm³/mol. The molecule has 0 unspecified atom stereocenters. The van der Waals surface area contributed by atoms with Crippen LogP contribution in [0.15, 0.2) is 40.9 Å². The molecule has 3 rings (SSSR count). The third kappa shape index (κ3) is 4.16. The first-order valence-corrected chi connectivity index (χ1v) is 10.4. The number of benzene rings is 1. The highest BCUT2D eigenvalue weighted by atomic mass is 32.2. The number of carbonyl (C=O) groups is 1. The second kappa shape index (κ2) is 8.51. The van der Waals surface area contributed by atoms with E-state index in [2.05, 4.69) is 46.2 Å². The van der Waals surface area contributed by atoms with E-state index in [-0.39, 0.29) is 5.91 Å². The van der Waals surface area contributed by atoms with Crippen molar-refractivity contribution in [1.82, 2.24) is 14.8 Å². The van der Waals surface area contributed by atoms with Gasteiger partial charge in [0.25, 0.3) is 0 Å². The van der Waals surface area contributed by atoms with Gasteiger partial charge in [0.15, 0.2) is 11.0 Å². The van der Waals surface area contributed by atoms with Crippen LogP contribution in [0.4, 0.5) is 5.69 Å². The highest BCUT2D eigenvalue weighted by molar-refractivity contribution is 7.99. The maximum atomic E-state index is 12.2. The molecule has 1 aromatic carbocycles. The van der Waals surface area contributed by atoms with Crippen molar-refractivity contribution in [2.75, 3.05) is 11.1 Å². The maximum Gasteiger partial charge on any atom is 0.234 e. The molecule has 0 aliphatic heterocycles. The van der Waals surface area contributed by atoms with Crippen molar-refractivity contribution >= 4 is 34.7 Å². The van der Waals surface area contributed by atoms with Gasteiger partial charge in [-0.1, -0.05) is 36.9 Å². The largest absolute Gasteiger partial charge is 0.325 e. The van der Waals surface area contributed by atoms with Crippen LogP contribution < -0.4 is 5.32 Å². The molecule has 26 heavy (non-hydrogen) atoms. The number of rotatable bonds is 7. The van der Waals surface area contributed by atoms with Gasteiger partial charge in [0, 0.05) is 28.1 Å². The molecule has 2 heterocycles. The Balaban J connectivity index is 1.74. The van der Waals surface area contributed by atoms with Crippen molar-refractivity contribution in [1.29, 1.82) is 0 Å². The van der Waals surface area contributed by atoms with Crippen LogP contribution in [0, 0.1) is 13.8 Å². The van der Waals surface area contributed by atoms with Gasteiger partial charge in [-0.15, -0.1) is 21.5 Å². The summed E-state index contributed by atoms with van der Waals surface area (Å²) in [6.07, 6.45) is 0.983. The second-order valence-electron chi connectivity index (χ2n) is 5.99. The Bertz CT molecular complexity index is 886. The number of aryl methyl sites for hydroxylation is 1. The highest BCUT2D eigenvalue weighted by Gasteiger charge is 2.18. The van der Waals surface area contributed by atoms with E-state index in [1.165, 1.54) is 22.2 Å². The molecule has 0 spiro atoms. The number of hydrogen-bond donors (Lipinski definition) is 1. The zero-order chi connectivity index (χ0) is 18.5. The molecule has 1 amide bonds. The standard InChI is InChI=1S/C19H22N4OS2/c1-4-10-23-18(16-11-25-14(3)13(16)2)21-22-19(23)26-12-17(24)20-15-8-6-5-7-9-15/h5-9,11H,4,10,12H2,1-3H3,(H,20,24). The average molecular weight is 387 g/mol. The number of hydrogen-bond acceptors (Lipinski definition) is 5. The number of aromatic nitrogens is 3. The van der Waals surface area contributed by atoms with Crippen molar-refractivity contribution in [2.45, 2.75) is 38.9 Å². The molecule has 136 valence electrons. The summed E-state index contributed by atoms with van der Waals surface area (Å²) in [7, 11) is 0. The number of thioether (sulfide) groups is 1. The maximum absolute atomic E-state index is 12.2. The summed E-state index contributed by atoms with van der Waals surface area (Å²) >= 11 is 3.15.